The van der Waals surface area contributed by atoms with E-state index in [0.717, 1.165) is 0 Å². The predicted octanol–water partition coefficient (Wildman–Crippen LogP) is -1.20. The molecule has 0 fully saturated rings. The van der Waals surface area contributed by atoms with Crippen LogP contribution in [0.3, 0.4) is 0 Å². The summed E-state index contributed by atoms with van der Waals surface area (Å²) in [6, 6.07) is 0. The van der Waals surface area contributed by atoms with Gasteiger partial charge in [-0.1, -0.05) is 0 Å². The number of hydrogen-bond donors (Lipinski definition) is 4. The standard InChI is InChI=1S/C3H8NO5P/c5-3(6)1-4-2-10(7,8)9/h4H,1-2H2,(H,5,6)(H2,7,8,9)/i4+1. The molecule has 0 aromatic heterocycles. The molecule has 0 saturated carbocycles. The summed E-state index contributed by atoms with van der Waals surface area (Å²) in [6.07, 6.45) is -0.598. The molecule has 0 aromatic rings. The molecular formula is C3H8NO5P. The van der Waals surface area contributed by atoms with Crippen LogP contribution in [0.5, 0.6) is 0 Å². The second-order valence-electron chi connectivity index (χ2n) is 1.64. The minimum Gasteiger partial charge on any atom is -0.480 e. The van der Waals surface area contributed by atoms with E-state index in [4.69, 9.17) is 14.9 Å². The first-order chi connectivity index (χ1) is 4.42. The van der Waals surface area contributed by atoms with Crippen LogP contribution < -0.4 is 5.32 Å². The Morgan fingerprint density at radius 3 is 2.30 bits per heavy atom. The summed E-state index contributed by atoms with van der Waals surface area (Å²) in [5.41, 5.74) is 0. The van der Waals surface area contributed by atoms with Crippen LogP contribution in [0.4, 0.5) is 0 Å². The Kier molecular flexibility index (Phi) is 3.52. The summed E-state index contributed by atoms with van der Waals surface area (Å²) >= 11 is 0. The van der Waals surface area contributed by atoms with E-state index in [1.165, 1.54) is 0 Å². The molecule has 0 aliphatic carbocycles. The van der Waals surface area contributed by atoms with Crippen LogP contribution in [-0.2, 0) is 9.36 Å². The smallest absolute Gasteiger partial charge is 0.339 e. The Bertz CT molecular complexity index is 162. The Hall–Kier alpha value is -0.420. The maximum atomic E-state index is 10.1. The Labute approximate surface area is 57.0 Å². The molecule has 0 aliphatic rings. The van der Waals surface area contributed by atoms with Gasteiger partial charge in [-0.05, 0) is 0 Å². The largest absolute Gasteiger partial charge is 0.480 e. The average molecular weight is 170 g/mol. The van der Waals surface area contributed by atoms with Crippen molar-refractivity contribution in [1.29, 1.82) is 0 Å². The predicted molar refractivity (Wildman–Crippen MR) is 32.5 cm³/mol. The quantitative estimate of drug-likeness (QED) is 0.311. The minimum atomic E-state index is -4.10. The number of carboxylic acids is 1. The number of aliphatic carboxylic acids is 1. The highest BCUT2D eigenvalue weighted by atomic mass is 31.2. The van der Waals surface area contributed by atoms with Gasteiger partial charge in [-0.2, -0.15) is 0 Å². The van der Waals surface area contributed by atoms with Crippen LogP contribution >= 0.6 is 7.60 Å². The fourth-order valence-corrected chi connectivity index (χ4v) is 0.712. The van der Waals surface area contributed by atoms with Crippen molar-refractivity contribution in [3.63, 3.8) is 0 Å². The molecule has 6 nitrogen and oxygen atoms in total. The van der Waals surface area contributed by atoms with Gasteiger partial charge in [0.25, 0.3) is 0 Å². The van der Waals surface area contributed by atoms with Crippen LogP contribution in [0.25, 0.3) is 0 Å². The molecule has 0 amide bonds. The lowest BCUT2D eigenvalue weighted by atomic mass is 10.7. The summed E-state index contributed by atoms with van der Waals surface area (Å²) in [4.78, 5) is 26.1. The van der Waals surface area contributed by atoms with Crippen LogP contribution in [0.1, 0.15) is 0 Å². The first-order valence-corrected chi connectivity index (χ1v) is 4.18. The molecule has 0 bridgehead atoms. The van der Waals surface area contributed by atoms with Gasteiger partial charge < -0.3 is 14.9 Å². The zero-order valence-electron chi connectivity index (χ0n) is 5.02. The third kappa shape index (κ3) is 7.58. The topological polar surface area (TPSA) is 107 Å². The molecule has 0 unspecified atom stereocenters. The molecule has 0 aromatic carbocycles. The molecule has 4 N–H and O–H groups in total. The zero-order valence-corrected chi connectivity index (χ0v) is 5.91. The van der Waals surface area contributed by atoms with Gasteiger partial charge >= 0.3 is 13.6 Å². The van der Waals surface area contributed by atoms with Gasteiger partial charge in [-0.15, -0.1) is 0 Å². The summed E-state index contributed by atoms with van der Waals surface area (Å²) < 4.78 is 10.1. The highest BCUT2D eigenvalue weighted by Crippen LogP contribution is 2.31. The van der Waals surface area contributed by atoms with Crippen molar-refractivity contribution < 1.29 is 24.3 Å². The van der Waals surface area contributed by atoms with Gasteiger partial charge in [0.2, 0.25) is 0 Å². The molecule has 0 heterocycles. The highest BCUT2D eigenvalue weighted by molar-refractivity contribution is 7.51. The van der Waals surface area contributed by atoms with Gasteiger partial charge in [0.1, 0.15) is 0 Å². The molecule has 0 spiro atoms. The van der Waals surface area contributed by atoms with Gasteiger partial charge in [0, 0.05) is 0 Å². The van der Waals surface area contributed by atoms with Crippen molar-refractivity contribution in [3.05, 3.63) is 0 Å². The van der Waals surface area contributed by atoms with Gasteiger partial charge in [-0.3, -0.25) is 14.7 Å². The monoisotopic (exact) mass is 170 g/mol. The van der Waals surface area contributed by atoms with Crippen LogP contribution in [-0.4, -0.2) is 33.7 Å². The van der Waals surface area contributed by atoms with Crippen molar-refractivity contribution >= 4 is 13.6 Å². The third-order valence-corrected chi connectivity index (χ3v) is 1.23. The Morgan fingerprint density at radius 2 is 2.00 bits per heavy atom. The third-order valence-electron chi connectivity index (χ3n) is 0.594. The van der Waals surface area contributed by atoms with Crippen LogP contribution in [0.2, 0.25) is 0 Å². The van der Waals surface area contributed by atoms with Gasteiger partial charge in [-0.25, -0.2) is 0 Å². The van der Waals surface area contributed by atoms with Crippen molar-refractivity contribution in [2.24, 2.45) is 0 Å². The number of carbonyl (C=O) groups is 1. The molecule has 0 aliphatic heterocycles. The number of rotatable bonds is 4. The van der Waals surface area contributed by atoms with E-state index in [0.29, 0.717) is 0 Å². The zero-order chi connectivity index (χ0) is 8.20. The lowest BCUT2D eigenvalue weighted by Crippen LogP contribution is -2.23. The van der Waals surface area contributed by atoms with E-state index in [1.54, 1.807) is 0 Å². The first-order valence-electron chi connectivity index (χ1n) is 2.39. The molecule has 7 heteroatoms. The molecule has 0 saturated heterocycles. The number of hydrogen-bond acceptors (Lipinski definition) is 3. The van der Waals surface area contributed by atoms with Gasteiger partial charge in [0.15, 0.2) is 0 Å². The van der Waals surface area contributed by atoms with E-state index in [2.05, 4.69) is 5.32 Å². The second kappa shape index (κ2) is 3.68. The first kappa shape index (κ1) is 9.58. The second-order valence-corrected chi connectivity index (χ2v) is 3.29. The number of nitrogens with one attached hydrogen (secondary N) is 1. The normalized spacial score (nSPS) is 11.4. The highest BCUT2D eigenvalue weighted by Gasteiger charge is 2.11. The van der Waals surface area contributed by atoms with Crippen molar-refractivity contribution in [3.8, 4) is 0 Å². The molecule has 0 atom stereocenters. The molecule has 0 radical (unpaired) electrons. The van der Waals surface area contributed by atoms with Crippen molar-refractivity contribution in [2.75, 3.05) is 12.8 Å². The van der Waals surface area contributed by atoms with Crippen molar-refractivity contribution in [1.82, 2.24) is 5.32 Å². The van der Waals surface area contributed by atoms with Gasteiger partial charge in [0.05, 0.1) is 12.8 Å². The summed E-state index contributed by atoms with van der Waals surface area (Å²) in [5.74, 6) is -1.14. The lowest BCUT2D eigenvalue weighted by Gasteiger charge is -2.02. The van der Waals surface area contributed by atoms with Crippen LogP contribution in [0, 0.1) is 0 Å². The summed E-state index contributed by atoms with van der Waals surface area (Å²) in [6.45, 7) is -0.439. The molecular weight excluding hydrogens is 162 g/mol. The van der Waals surface area contributed by atoms with Crippen LogP contribution in [0.15, 0.2) is 0 Å². The fourth-order valence-electron chi connectivity index (χ4n) is 0.308. The Balaban J connectivity index is 3.39. The van der Waals surface area contributed by atoms with E-state index in [1.807, 2.05) is 0 Å². The van der Waals surface area contributed by atoms with E-state index >= 15 is 0 Å². The maximum absolute atomic E-state index is 10.1. The Morgan fingerprint density at radius 1 is 1.50 bits per heavy atom. The lowest BCUT2D eigenvalue weighted by molar-refractivity contribution is -0.135. The van der Waals surface area contributed by atoms with Crippen molar-refractivity contribution in [2.45, 2.75) is 0 Å². The van der Waals surface area contributed by atoms with E-state index in [9.17, 15) is 9.36 Å². The molecule has 60 valence electrons. The molecule has 0 rings (SSSR count). The molecule has 10 heavy (non-hydrogen) atoms. The summed E-state index contributed by atoms with van der Waals surface area (Å²) in [7, 11) is -4.10. The fraction of sp³-hybridized carbons (Fsp3) is 0.667. The average Bonchev–Trinajstić information content (AvgIpc) is 1.59. The van der Waals surface area contributed by atoms with E-state index < -0.39 is 26.4 Å². The van der Waals surface area contributed by atoms with E-state index in [-0.39, 0.29) is 0 Å². The SMILES string of the molecule is O=C(O)C[15NH]CP(=O)(O)O. The summed E-state index contributed by atoms with van der Waals surface area (Å²) in [5, 5.41) is 10.1. The number of carboxylic acid groups (broad SMARTS) is 1. The minimum absolute atomic E-state index is 0.439. The maximum Gasteiger partial charge on any atom is 0.339 e.